The number of nitrogens with two attached hydrogens (primary N) is 1. The van der Waals surface area contributed by atoms with Gasteiger partial charge in [0, 0.05) is 36.3 Å². The number of aromatic nitrogens is 5. The first-order valence-electron chi connectivity index (χ1n) is 11.1. The molecule has 1 aliphatic heterocycles. The normalized spacial score (nSPS) is 15.0. The number of rotatable bonds is 5. The van der Waals surface area contributed by atoms with Gasteiger partial charge in [-0.1, -0.05) is 23.7 Å². The van der Waals surface area contributed by atoms with Crippen molar-refractivity contribution in [2.75, 3.05) is 10.6 Å². The van der Waals surface area contributed by atoms with Gasteiger partial charge in [0.2, 0.25) is 0 Å². The predicted molar refractivity (Wildman–Crippen MR) is 127 cm³/mol. The molecule has 0 unspecified atom stereocenters. The van der Waals surface area contributed by atoms with E-state index in [1.807, 2.05) is 18.2 Å². The molecular formula is C24H22ClN7O2. The van der Waals surface area contributed by atoms with Gasteiger partial charge in [-0.15, -0.1) is 0 Å². The molecule has 1 aliphatic carbocycles. The second-order valence-electron chi connectivity index (χ2n) is 8.77. The number of amides is 1. The van der Waals surface area contributed by atoms with Crippen molar-refractivity contribution in [3.63, 3.8) is 0 Å². The number of nitrogen functional groups attached to an aromatic ring is 1. The van der Waals surface area contributed by atoms with Gasteiger partial charge in [0.25, 0.3) is 5.91 Å². The molecule has 9 nitrogen and oxygen atoms in total. The average Bonchev–Trinajstić information content (AvgIpc) is 3.46. The summed E-state index contributed by atoms with van der Waals surface area (Å²) in [6.07, 6.45) is 7.10. The Morgan fingerprint density at radius 1 is 1.24 bits per heavy atom. The number of halogens is 1. The molecule has 4 aromatic rings. The fourth-order valence-electron chi connectivity index (χ4n) is 4.35. The molecule has 2 aliphatic rings. The molecule has 3 aromatic heterocycles. The van der Waals surface area contributed by atoms with Gasteiger partial charge in [0.15, 0.2) is 5.15 Å². The number of pyridine rings is 1. The minimum absolute atomic E-state index is 0.240. The smallest absolute Gasteiger partial charge is 0.261 e. The molecule has 34 heavy (non-hydrogen) atoms. The minimum Gasteiger partial charge on any atom is -0.383 e. The van der Waals surface area contributed by atoms with Crippen molar-refractivity contribution in [1.29, 1.82) is 0 Å². The van der Waals surface area contributed by atoms with Crippen LogP contribution in [0.5, 0.6) is 0 Å². The van der Waals surface area contributed by atoms with Crippen molar-refractivity contribution in [2.45, 2.75) is 38.5 Å². The maximum absolute atomic E-state index is 13.6. The molecule has 4 heterocycles. The third kappa shape index (κ3) is 3.66. The van der Waals surface area contributed by atoms with E-state index in [9.17, 15) is 4.79 Å². The number of nitrogens with zero attached hydrogens (tertiary/aromatic N) is 6. The molecule has 1 saturated carbocycles. The summed E-state index contributed by atoms with van der Waals surface area (Å²) in [7, 11) is 1.76. The number of carbonyl (C=O) groups is 1. The van der Waals surface area contributed by atoms with Crippen LogP contribution in [0.3, 0.4) is 0 Å². The summed E-state index contributed by atoms with van der Waals surface area (Å²) >= 11 is 6.39. The minimum atomic E-state index is -0.257. The zero-order chi connectivity index (χ0) is 23.4. The van der Waals surface area contributed by atoms with Crippen LogP contribution in [0, 0.1) is 0 Å². The lowest BCUT2D eigenvalue weighted by atomic mass is 10.0. The Labute approximate surface area is 200 Å². The van der Waals surface area contributed by atoms with Crippen LogP contribution in [0.1, 0.15) is 51.6 Å². The van der Waals surface area contributed by atoms with Crippen LogP contribution in [0.15, 0.2) is 36.8 Å². The summed E-state index contributed by atoms with van der Waals surface area (Å²) in [6.45, 7) is 1.26. The summed E-state index contributed by atoms with van der Waals surface area (Å²) in [6, 6.07) is 5.93. The van der Waals surface area contributed by atoms with Crippen LogP contribution in [-0.2, 0) is 31.5 Å². The largest absolute Gasteiger partial charge is 0.383 e. The van der Waals surface area contributed by atoms with Crippen molar-refractivity contribution in [2.24, 2.45) is 7.05 Å². The first-order valence-corrected chi connectivity index (χ1v) is 11.5. The van der Waals surface area contributed by atoms with E-state index < -0.39 is 0 Å². The topological polar surface area (TPSA) is 112 Å². The molecule has 1 amide bonds. The fraction of sp³-hybridized carbons (Fsp3) is 0.292. The summed E-state index contributed by atoms with van der Waals surface area (Å²) in [5, 5.41) is 5.46. The number of benzene rings is 1. The van der Waals surface area contributed by atoms with Gasteiger partial charge in [-0.05, 0) is 30.0 Å². The molecule has 0 radical (unpaired) electrons. The lowest BCUT2D eigenvalue weighted by Crippen LogP contribution is -2.30. The fourth-order valence-corrected chi connectivity index (χ4v) is 4.62. The Morgan fingerprint density at radius 2 is 2.00 bits per heavy atom. The molecule has 10 heteroatoms. The zero-order valence-corrected chi connectivity index (χ0v) is 19.3. The third-order valence-corrected chi connectivity index (χ3v) is 6.57. The van der Waals surface area contributed by atoms with Crippen molar-refractivity contribution in [3.05, 3.63) is 70.0 Å². The summed E-state index contributed by atoms with van der Waals surface area (Å²) in [4.78, 5) is 28.6. The van der Waals surface area contributed by atoms with E-state index in [2.05, 4.69) is 20.1 Å². The van der Waals surface area contributed by atoms with Crippen LogP contribution in [0.4, 0.5) is 11.5 Å². The van der Waals surface area contributed by atoms with Crippen LogP contribution < -0.4 is 10.6 Å². The van der Waals surface area contributed by atoms with Gasteiger partial charge < -0.3 is 10.5 Å². The Bertz CT molecular complexity index is 1430. The zero-order valence-electron chi connectivity index (χ0n) is 18.5. The Hall–Kier alpha value is -3.56. The second-order valence-corrected chi connectivity index (χ2v) is 9.13. The molecule has 1 fully saturated rings. The highest BCUT2D eigenvalue weighted by Gasteiger charge is 2.28. The lowest BCUT2D eigenvalue weighted by Gasteiger charge is -2.22. The van der Waals surface area contributed by atoms with E-state index in [1.165, 1.54) is 0 Å². The number of carbonyl (C=O) groups excluding carboxylic acids is 1. The Kier molecular flexibility index (Phi) is 4.96. The van der Waals surface area contributed by atoms with Crippen LogP contribution in [0.2, 0.25) is 5.15 Å². The van der Waals surface area contributed by atoms with Crippen LogP contribution in [0.25, 0.3) is 10.9 Å². The quantitative estimate of drug-likeness (QED) is 0.467. The van der Waals surface area contributed by atoms with Gasteiger partial charge in [-0.2, -0.15) is 5.10 Å². The summed E-state index contributed by atoms with van der Waals surface area (Å²) < 4.78 is 7.15. The van der Waals surface area contributed by atoms with E-state index >= 15 is 0 Å². The maximum Gasteiger partial charge on any atom is 0.261 e. The van der Waals surface area contributed by atoms with Crippen molar-refractivity contribution in [3.8, 4) is 0 Å². The van der Waals surface area contributed by atoms with Gasteiger partial charge >= 0.3 is 0 Å². The molecule has 6 rings (SSSR count). The molecule has 2 N–H and O–H groups in total. The SMILES string of the molecule is Cn1cc(N(Cc2ccc3c4c(c(N)nc3c2)COC4)C(=O)c2cnc(C3CC3)nc2)c(Cl)n1. The highest BCUT2D eigenvalue weighted by Crippen LogP contribution is 2.38. The standard InChI is InChI=1S/C24H22ClN7O2/c1-31-10-20(21(25)30-31)32(24(33)15-7-27-23(28-8-15)14-3-4-14)9-13-2-5-16-17-11-34-12-18(17)22(26)29-19(16)6-13/h2,5-8,10,14H,3-4,9,11-12H2,1H3,(H2,26,29). The van der Waals surface area contributed by atoms with E-state index in [0.717, 1.165) is 46.3 Å². The van der Waals surface area contributed by atoms with E-state index in [-0.39, 0.29) is 17.6 Å². The molecular weight excluding hydrogens is 454 g/mol. The monoisotopic (exact) mass is 475 g/mol. The molecule has 0 atom stereocenters. The number of hydrogen-bond donors (Lipinski definition) is 1. The highest BCUT2D eigenvalue weighted by atomic mass is 35.5. The second kappa shape index (κ2) is 8.03. The number of ether oxygens (including phenoxy) is 1. The van der Waals surface area contributed by atoms with Crippen LogP contribution >= 0.6 is 11.6 Å². The number of hydrogen-bond acceptors (Lipinski definition) is 7. The van der Waals surface area contributed by atoms with E-state index in [4.69, 9.17) is 22.1 Å². The first kappa shape index (κ1) is 21.0. The Morgan fingerprint density at radius 3 is 2.71 bits per heavy atom. The predicted octanol–water partition coefficient (Wildman–Crippen LogP) is 3.75. The van der Waals surface area contributed by atoms with Gasteiger partial charge in [-0.3, -0.25) is 14.4 Å². The van der Waals surface area contributed by atoms with E-state index in [1.54, 1.807) is 35.2 Å². The lowest BCUT2D eigenvalue weighted by molar-refractivity contribution is 0.0984. The molecule has 0 spiro atoms. The number of fused-ring (bicyclic) bond motifs is 3. The molecule has 1 aromatic carbocycles. The average molecular weight is 476 g/mol. The first-order chi connectivity index (χ1) is 16.5. The molecule has 0 bridgehead atoms. The maximum atomic E-state index is 13.6. The summed E-state index contributed by atoms with van der Waals surface area (Å²) in [5.74, 6) is 1.43. The van der Waals surface area contributed by atoms with Crippen LogP contribution in [-0.4, -0.2) is 30.6 Å². The van der Waals surface area contributed by atoms with Crippen molar-refractivity contribution in [1.82, 2.24) is 24.7 Å². The summed E-state index contributed by atoms with van der Waals surface area (Å²) in [5.41, 5.74) is 10.7. The number of aryl methyl sites for hydroxylation is 1. The Balaban J connectivity index is 1.37. The third-order valence-electron chi connectivity index (χ3n) is 6.30. The molecule has 172 valence electrons. The highest BCUT2D eigenvalue weighted by molar-refractivity contribution is 6.32. The number of anilines is 2. The van der Waals surface area contributed by atoms with Crippen molar-refractivity contribution < 1.29 is 9.53 Å². The van der Waals surface area contributed by atoms with Gasteiger partial charge in [0.1, 0.15) is 17.3 Å². The molecule has 0 saturated heterocycles. The van der Waals surface area contributed by atoms with E-state index in [0.29, 0.717) is 36.2 Å². The van der Waals surface area contributed by atoms with Gasteiger partial charge in [-0.25, -0.2) is 15.0 Å². The van der Waals surface area contributed by atoms with Gasteiger partial charge in [0.05, 0.1) is 37.0 Å². The van der Waals surface area contributed by atoms with Crippen molar-refractivity contribution >= 4 is 39.9 Å².